The van der Waals surface area contributed by atoms with E-state index in [9.17, 15) is 0 Å². The molecule has 0 N–H and O–H groups in total. The first kappa shape index (κ1) is 8.88. The van der Waals surface area contributed by atoms with Crippen LogP contribution in [0.15, 0.2) is 48.7 Å². The Morgan fingerprint density at radius 2 is 1.71 bits per heavy atom. The molecule has 0 radical (unpaired) electrons. The lowest BCUT2D eigenvalue weighted by atomic mass is 10.1. The first-order chi connectivity index (χ1) is 6.95. The van der Waals surface area contributed by atoms with Crippen molar-refractivity contribution in [2.24, 2.45) is 0 Å². The van der Waals surface area contributed by atoms with Crippen molar-refractivity contribution in [3.8, 4) is 0 Å². The Morgan fingerprint density at radius 3 is 2.43 bits per heavy atom. The van der Waals surface area contributed by atoms with Crippen molar-refractivity contribution in [2.45, 2.75) is 12.8 Å². The molecule has 0 saturated carbocycles. The van der Waals surface area contributed by atoms with Gasteiger partial charge in [-0.25, -0.2) is 0 Å². The maximum absolute atomic E-state index is 4.04. The van der Waals surface area contributed by atoms with E-state index in [2.05, 4.69) is 34.5 Å². The van der Waals surface area contributed by atoms with Gasteiger partial charge in [0.15, 0.2) is 0 Å². The molecule has 0 fully saturated rings. The number of hydrogen-bond donors (Lipinski definition) is 0. The molecule has 2 rings (SSSR count). The van der Waals surface area contributed by atoms with Crippen LogP contribution in [0, 0.1) is 0 Å². The standard InChI is InChI=1S/C12H12N2/c1-2-5-11(6-3-1)8-9-12-7-4-10-13-14-12/h1-7,10H,8-9H2. The average molecular weight is 184 g/mol. The maximum Gasteiger partial charge on any atom is 0.0634 e. The van der Waals surface area contributed by atoms with Gasteiger partial charge in [-0.05, 0) is 30.5 Å². The summed E-state index contributed by atoms with van der Waals surface area (Å²) in [6, 6.07) is 14.4. The fourth-order valence-electron chi connectivity index (χ4n) is 1.38. The van der Waals surface area contributed by atoms with Crippen molar-refractivity contribution in [1.82, 2.24) is 10.2 Å². The topological polar surface area (TPSA) is 25.8 Å². The summed E-state index contributed by atoms with van der Waals surface area (Å²) < 4.78 is 0. The van der Waals surface area contributed by atoms with Crippen molar-refractivity contribution in [1.29, 1.82) is 0 Å². The van der Waals surface area contributed by atoms with Crippen LogP contribution in [0.5, 0.6) is 0 Å². The lowest BCUT2D eigenvalue weighted by molar-refractivity contribution is 0.859. The number of nitrogens with zero attached hydrogens (tertiary/aromatic N) is 2. The molecular weight excluding hydrogens is 172 g/mol. The minimum Gasteiger partial charge on any atom is -0.159 e. The predicted octanol–water partition coefficient (Wildman–Crippen LogP) is 2.26. The highest BCUT2D eigenvalue weighted by molar-refractivity contribution is 5.16. The Morgan fingerprint density at radius 1 is 0.857 bits per heavy atom. The van der Waals surface area contributed by atoms with Gasteiger partial charge in [-0.15, -0.1) is 0 Å². The molecule has 0 aliphatic heterocycles. The molecule has 1 heterocycles. The molecule has 0 unspecified atom stereocenters. The molecule has 0 aliphatic rings. The van der Waals surface area contributed by atoms with Gasteiger partial charge in [-0.3, -0.25) is 0 Å². The third-order valence-electron chi connectivity index (χ3n) is 2.14. The fraction of sp³-hybridized carbons (Fsp3) is 0.167. The number of aryl methyl sites for hydroxylation is 2. The zero-order valence-electron chi connectivity index (χ0n) is 7.93. The Labute approximate surface area is 83.6 Å². The van der Waals surface area contributed by atoms with Crippen LogP contribution in [0.3, 0.4) is 0 Å². The summed E-state index contributed by atoms with van der Waals surface area (Å²) in [4.78, 5) is 0. The molecule has 0 aliphatic carbocycles. The van der Waals surface area contributed by atoms with Gasteiger partial charge in [0, 0.05) is 6.20 Å². The van der Waals surface area contributed by atoms with E-state index in [0.29, 0.717) is 0 Å². The smallest absolute Gasteiger partial charge is 0.0634 e. The highest BCUT2D eigenvalue weighted by atomic mass is 15.1. The second kappa shape index (κ2) is 4.51. The third-order valence-corrected chi connectivity index (χ3v) is 2.14. The van der Waals surface area contributed by atoms with Crippen LogP contribution in [-0.4, -0.2) is 10.2 Å². The summed E-state index contributed by atoms with van der Waals surface area (Å²) in [5.41, 5.74) is 2.40. The van der Waals surface area contributed by atoms with Crippen LogP contribution >= 0.6 is 0 Å². The Bertz CT molecular complexity index is 331. The Kier molecular flexibility index (Phi) is 2.86. The average Bonchev–Trinajstić information content (AvgIpc) is 2.29. The van der Waals surface area contributed by atoms with E-state index in [1.807, 2.05) is 18.2 Å². The van der Waals surface area contributed by atoms with Crippen molar-refractivity contribution in [2.75, 3.05) is 0 Å². The molecule has 1 aromatic carbocycles. The molecule has 0 atom stereocenters. The number of benzene rings is 1. The van der Waals surface area contributed by atoms with Gasteiger partial charge in [0.25, 0.3) is 0 Å². The van der Waals surface area contributed by atoms with E-state index < -0.39 is 0 Å². The first-order valence-corrected chi connectivity index (χ1v) is 4.75. The summed E-state index contributed by atoms with van der Waals surface area (Å²) in [6.07, 6.45) is 3.68. The molecule has 0 saturated heterocycles. The summed E-state index contributed by atoms with van der Waals surface area (Å²) in [7, 11) is 0. The molecule has 2 aromatic rings. The van der Waals surface area contributed by atoms with Crippen LogP contribution in [0.2, 0.25) is 0 Å². The monoisotopic (exact) mass is 184 g/mol. The molecule has 2 nitrogen and oxygen atoms in total. The summed E-state index contributed by atoms with van der Waals surface area (Å²) >= 11 is 0. The zero-order valence-corrected chi connectivity index (χ0v) is 7.93. The molecule has 70 valence electrons. The van der Waals surface area contributed by atoms with Gasteiger partial charge in [-0.1, -0.05) is 30.3 Å². The first-order valence-electron chi connectivity index (χ1n) is 4.75. The quantitative estimate of drug-likeness (QED) is 0.731. The minimum absolute atomic E-state index is 0.956. The molecular formula is C12H12N2. The van der Waals surface area contributed by atoms with Gasteiger partial charge < -0.3 is 0 Å². The van der Waals surface area contributed by atoms with E-state index in [0.717, 1.165) is 18.5 Å². The van der Waals surface area contributed by atoms with Gasteiger partial charge in [-0.2, -0.15) is 10.2 Å². The molecule has 0 amide bonds. The predicted molar refractivity (Wildman–Crippen MR) is 55.9 cm³/mol. The van der Waals surface area contributed by atoms with Crippen molar-refractivity contribution in [3.05, 3.63) is 59.9 Å². The van der Waals surface area contributed by atoms with E-state index in [1.54, 1.807) is 6.20 Å². The normalized spacial score (nSPS) is 10.0. The van der Waals surface area contributed by atoms with Gasteiger partial charge in [0.05, 0.1) is 5.69 Å². The molecule has 14 heavy (non-hydrogen) atoms. The van der Waals surface area contributed by atoms with E-state index in [-0.39, 0.29) is 0 Å². The van der Waals surface area contributed by atoms with Crippen LogP contribution < -0.4 is 0 Å². The third kappa shape index (κ3) is 2.39. The van der Waals surface area contributed by atoms with Crippen molar-refractivity contribution < 1.29 is 0 Å². The van der Waals surface area contributed by atoms with Crippen molar-refractivity contribution in [3.63, 3.8) is 0 Å². The number of rotatable bonds is 3. The van der Waals surface area contributed by atoms with Gasteiger partial charge >= 0.3 is 0 Å². The highest BCUT2D eigenvalue weighted by Crippen LogP contribution is 2.03. The van der Waals surface area contributed by atoms with E-state index >= 15 is 0 Å². The summed E-state index contributed by atoms with van der Waals surface area (Å²) in [5, 5.41) is 7.89. The van der Waals surface area contributed by atoms with Crippen LogP contribution in [-0.2, 0) is 12.8 Å². The molecule has 1 aromatic heterocycles. The fourth-order valence-corrected chi connectivity index (χ4v) is 1.38. The highest BCUT2D eigenvalue weighted by Gasteiger charge is 1.95. The Hall–Kier alpha value is -1.70. The number of hydrogen-bond acceptors (Lipinski definition) is 2. The second-order valence-electron chi connectivity index (χ2n) is 3.20. The maximum atomic E-state index is 4.04. The van der Waals surface area contributed by atoms with E-state index in [4.69, 9.17) is 0 Å². The second-order valence-corrected chi connectivity index (χ2v) is 3.20. The molecule has 0 spiro atoms. The number of aromatic nitrogens is 2. The van der Waals surface area contributed by atoms with Crippen LogP contribution in [0.4, 0.5) is 0 Å². The SMILES string of the molecule is c1ccc(CCc2cccnn2)cc1. The Balaban J connectivity index is 1.96. The lowest BCUT2D eigenvalue weighted by Gasteiger charge is -1.99. The zero-order chi connectivity index (χ0) is 9.64. The van der Waals surface area contributed by atoms with Crippen molar-refractivity contribution >= 4 is 0 Å². The molecule has 0 bridgehead atoms. The van der Waals surface area contributed by atoms with Crippen LogP contribution in [0.25, 0.3) is 0 Å². The largest absolute Gasteiger partial charge is 0.159 e. The molecule has 2 heteroatoms. The lowest BCUT2D eigenvalue weighted by Crippen LogP contribution is -1.94. The van der Waals surface area contributed by atoms with E-state index in [1.165, 1.54) is 5.56 Å². The van der Waals surface area contributed by atoms with Crippen LogP contribution in [0.1, 0.15) is 11.3 Å². The minimum atomic E-state index is 0.956. The van der Waals surface area contributed by atoms with Gasteiger partial charge in [0.2, 0.25) is 0 Å². The summed E-state index contributed by atoms with van der Waals surface area (Å²) in [6.45, 7) is 0. The van der Waals surface area contributed by atoms with Gasteiger partial charge in [0.1, 0.15) is 0 Å². The summed E-state index contributed by atoms with van der Waals surface area (Å²) in [5.74, 6) is 0.